The molecule has 74 valence electrons. The summed E-state index contributed by atoms with van der Waals surface area (Å²) in [6, 6.07) is 0. The Bertz CT molecular complexity index is 235. The zero-order valence-corrected chi connectivity index (χ0v) is 8.17. The van der Waals surface area contributed by atoms with Crippen molar-refractivity contribution in [1.82, 2.24) is 0 Å². The van der Waals surface area contributed by atoms with E-state index in [2.05, 4.69) is 0 Å². The summed E-state index contributed by atoms with van der Waals surface area (Å²) in [5, 5.41) is 8.46. The van der Waals surface area contributed by atoms with Gasteiger partial charge in [0, 0.05) is 0 Å². The Labute approximate surface area is 77.8 Å². The highest BCUT2D eigenvalue weighted by atomic mass is 19.1. The molecule has 0 aliphatic carbocycles. The Morgan fingerprint density at radius 3 is 2.38 bits per heavy atom. The highest BCUT2D eigenvalue weighted by molar-refractivity contribution is 5.71. The van der Waals surface area contributed by atoms with Crippen molar-refractivity contribution in [2.24, 2.45) is 5.92 Å². The first-order chi connectivity index (χ1) is 5.93. The molecule has 0 aliphatic heterocycles. The summed E-state index contributed by atoms with van der Waals surface area (Å²) in [5.41, 5.74) is 0.237. The van der Waals surface area contributed by atoms with Gasteiger partial charge in [0.15, 0.2) is 0 Å². The average Bonchev–Trinajstić information content (AvgIpc) is 1.96. The van der Waals surface area contributed by atoms with Crippen LogP contribution >= 0.6 is 0 Å². The fourth-order valence-electron chi connectivity index (χ4n) is 0.767. The summed E-state index contributed by atoms with van der Waals surface area (Å²) in [6.45, 7) is 5.16. The summed E-state index contributed by atoms with van der Waals surface area (Å²) in [5.74, 6) is -1.15. The van der Waals surface area contributed by atoms with Crippen LogP contribution in [0.25, 0.3) is 0 Å². The number of allylic oxidation sites excluding steroid dienone is 3. The first kappa shape index (κ1) is 11.9. The predicted molar refractivity (Wildman–Crippen MR) is 50.0 cm³/mol. The van der Waals surface area contributed by atoms with Gasteiger partial charge in [-0.3, -0.25) is 4.79 Å². The van der Waals surface area contributed by atoms with Gasteiger partial charge in [0.2, 0.25) is 0 Å². The van der Waals surface area contributed by atoms with Crippen molar-refractivity contribution < 1.29 is 14.3 Å². The van der Waals surface area contributed by atoms with Crippen LogP contribution in [-0.2, 0) is 4.79 Å². The van der Waals surface area contributed by atoms with Gasteiger partial charge in [0.1, 0.15) is 5.83 Å². The van der Waals surface area contributed by atoms with E-state index in [-0.39, 0.29) is 12.0 Å². The molecule has 0 aromatic rings. The van der Waals surface area contributed by atoms with Crippen molar-refractivity contribution in [3.63, 3.8) is 0 Å². The van der Waals surface area contributed by atoms with Crippen LogP contribution in [0.2, 0.25) is 0 Å². The van der Waals surface area contributed by atoms with E-state index in [1.807, 2.05) is 13.8 Å². The Kier molecular flexibility index (Phi) is 5.04. The standard InChI is InChI=1S/C10H15FO2/c1-7(2)4-5-9(8(3)11)6-10(12)13/h4-5,7H,6H2,1-3H3,(H,12,13)/b5-4-,9-8-. The molecule has 0 aromatic heterocycles. The van der Waals surface area contributed by atoms with E-state index in [4.69, 9.17) is 5.11 Å². The van der Waals surface area contributed by atoms with Gasteiger partial charge in [-0.15, -0.1) is 0 Å². The zero-order valence-electron chi connectivity index (χ0n) is 8.17. The van der Waals surface area contributed by atoms with Crippen molar-refractivity contribution in [2.75, 3.05) is 0 Å². The molecule has 1 N–H and O–H groups in total. The lowest BCUT2D eigenvalue weighted by Crippen LogP contribution is -1.97. The molecule has 2 nitrogen and oxygen atoms in total. The number of halogens is 1. The largest absolute Gasteiger partial charge is 0.481 e. The number of carbonyl (C=O) groups is 1. The molecule has 0 aliphatic rings. The molecule has 0 radical (unpaired) electrons. The van der Waals surface area contributed by atoms with E-state index in [0.717, 1.165) is 0 Å². The first-order valence-electron chi connectivity index (χ1n) is 4.18. The van der Waals surface area contributed by atoms with Gasteiger partial charge in [-0.1, -0.05) is 26.0 Å². The fourth-order valence-corrected chi connectivity index (χ4v) is 0.767. The van der Waals surface area contributed by atoms with Crippen molar-refractivity contribution in [2.45, 2.75) is 27.2 Å². The maximum atomic E-state index is 12.7. The van der Waals surface area contributed by atoms with Crippen LogP contribution in [0.15, 0.2) is 23.6 Å². The number of carboxylic acid groups (broad SMARTS) is 1. The molecule has 0 amide bonds. The molecule has 0 spiro atoms. The smallest absolute Gasteiger partial charge is 0.307 e. The summed E-state index contributed by atoms with van der Waals surface area (Å²) in [4.78, 5) is 10.3. The molecule has 0 aromatic carbocycles. The monoisotopic (exact) mass is 186 g/mol. The van der Waals surface area contributed by atoms with E-state index >= 15 is 0 Å². The molecule has 0 unspecified atom stereocenters. The van der Waals surface area contributed by atoms with Crippen LogP contribution in [-0.4, -0.2) is 11.1 Å². The molecule has 0 saturated carbocycles. The molecule has 13 heavy (non-hydrogen) atoms. The van der Waals surface area contributed by atoms with E-state index in [1.54, 1.807) is 6.08 Å². The third-order valence-corrected chi connectivity index (χ3v) is 1.47. The minimum Gasteiger partial charge on any atom is -0.481 e. The van der Waals surface area contributed by atoms with Crippen molar-refractivity contribution >= 4 is 5.97 Å². The van der Waals surface area contributed by atoms with Crippen LogP contribution in [0.5, 0.6) is 0 Å². The van der Waals surface area contributed by atoms with Gasteiger partial charge >= 0.3 is 5.97 Å². The zero-order chi connectivity index (χ0) is 10.4. The van der Waals surface area contributed by atoms with Gasteiger partial charge < -0.3 is 5.11 Å². The lowest BCUT2D eigenvalue weighted by atomic mass is 10.1. The Hall–Kier alpha value is -1.12. The summed E-state index contributed by atoms with van der Waals surface area (Å²) < 4.78 is 12.7. The van der Waals surface area contributed by atoms with Crippen molar-refractivity contribution in [1.29, 1.82) is 0 Å². The molecular formula is C10H15FO2. The molecule has 0 saturated heterocycles. The number of carboxylic acids is 1. The fraction of sp³-hybridized carbons (Fsp3) is 0.500. The third kappa shape index (κ3) is 6.08. The summed E-state index contributed by atoms with van der Waals surface area (Å²) >= 11 is 0. The SMILES string of the molecule is C/C(F)=C(\C=C/C(C)C)CC(=O)O. The highest BCUT2D eigenvalue weighted by Gasteiger charge is 2.04. The second kappa shape index (κ2) is 5.51. The molecular weight excluding hydrogens is 171 g/mol. The van der Waals surface area contributed by atoms with Gasteiger partial charge in [-0.2, -0.15) is 0 Å². The lowest BCUT2D eigenvalue weighted by molar-refractivity contribution is -0.136. The quantitative estimate of drug-likeness (QED) is 0.685. The number of hydrogen-bond acceptors (Lipinski definition) is 1. The third-order valence-electron chi connectivity index (χ3n) is 1.47. The van der Waals surface area contributed by atoms with Crippen LogP contribution in [0.3, 0.4) is 0 Å². The topological polar surface area (TPSA) is 37.3 Å². The number of rotatable bonds is 4. The Balaban J connectivity index is 4.47. The number of hydrogen-bond donors (Lipinski definition) is 1. The predicted octanol–water partition coefficient (Wildman–Crippen LogP) is 2.92. The molecule has 0 rings (SSSR count). The second-order valence-corrected chi connectivity index (χ2v) is 3.23. The summed E-state index contributed by atoms with van der Waals surface area (Å²) in [6.07, 6.45) is 3.06. The van der Waals surface area contributed by atoms with Gasteiger partial charge in [0.25, 0.3) is 0 Å². The molecule has 0 atom stereocenters. The minimum absolute atomic E-state index is 0.237. The van der Waals surface area contributed by atoms with Gasteiger partial charge in [-0.25, -0.2) is 4.39 Å². The highest BCUT2D eigenvalue weighted by Crippen LogP contribution is 2.12. The van der Waals surface area contributed by atoms with E-state index in [1.165, 1.54) is 13.0 Å². The van der Waals surface area contributed by atoms with E-state index < -0.39 is 11.8 Å². The van der Waals surface area contributed by atoms with Gasteiger partial charge in [0.05, 0.1) is 6.42 Å². The maximum Gasteiger partial charge on any atom is 0.307 e. The first-order valence-corrected chi connectivity index (χ1v) is 4.18. The minimum atomic E-state index is -1.01. The van der Waals surface area contributed by atoms with Crippen molar-refractivity contribution in [3.05, 3.63) is 23.6 Å². The number of aliphatic carboxylic acids is 1. The molecule has 3 heteroatoms. The molecule has 0 fully saturated rings. The average molecular weight is 186 g/mol. The van der Waals surface area contributed by atoms with Crippen LogP contribution in [0.4, 0.5) is 4.39 Å². The Morgan fingerprint density at radius 1 is 1.54 bits per heavy atom. The van der Waals surface area contributed by atoms with Crippen LogP contribution in [0, 0.1) is 5.92 Å². The maximum absolute atomic E-state index is 12.7. The van der Waals surface area contributed by atoms with Crippen LogP contribution < -0.4 is 0 Å². The lowest BCUT2D eigenvalue weighted by Gasteiger charge is -1.99. The van der Waals surface area contributed by atoms with Crippen LogP contribution in [0.1, 0.15) is 27.2 Å². The van der Waals surface area contributed by atoms with Gasteiger partial charge in [-0.05, 0) is 18.4 Å². The van der Waals surface area contributed by atoms with E-state index in [0.29, 0.717) is 5.92 Å². The summed E-state index contributed by atoms with van der Waals surface area (Å²) in [7, 11) is 0. The normalized spacial score (nSPS) is 13.6. The Morgan fingerprint density at radius 2 is 2.08 bits per heavy atom. The van der Waals surface area contributed by atoms with Crippen molar-refractivity contribution in [3.8, 4) is 0 Å². The molecule has 0 bridgehead atoms. The van der Waals surface area contributed by atoms with E-state index in [9.17, 15) is 9.18 Å². The second-order valence-electron chi connectivity index (χ2n) is 3.23. The molecule has 0 heterocycles.